The predicted molar refractivity (Wildman–Crippen MR) is 89.7 cm³/mol. The molecule has 0 N–H and O–H groups in total. The summed E-state index contributed by atoms with van der Waals surface area (Å²) in [5, 5.41) is 0. The number of hydrogen-bond acceptors (Lipinski definition) is 2. The first-order valence-electron chi connectivity index (χ1n) is 8.39. The van der Waals surface area contributed by atoms with Crippen molar-refractivity contribution in [1.82, 2.24) is 0 Å². The molecule has 0 saturated carbocycles. The first-order valence-corrected chi connectivity index (χ1v) is 8.39. The minimum Gasteiger partial charge on any atom is -0.211 e. The molecular formula is C19H29NO. The predicted octanol–water partition coefficient (Wildman–Crippen LogP) is 5.97. The minimum absolute atomic E-state index is 0.690. The standard InChI is InChI=1S/C19H29NO/c1-17(2)10-8-6-4-3-5-7-9-11-18-12-14-19(15-13-18)20-16-21/h12-15,17H,3-11H2,1-2H3. The van der Waals surface area contributed by atoms with Gasteiger partial charge < -0.3 is 0 Å². The highest BCUT2D eigenvalue weighted by atomic mass is 16.1. The van der Waals surface area contributed by atoms with Crippen LogP contribution in [0.2, 0.25) is 0 Å². The Labute approximate surface area is 129 Å². The molecule has 1 rings (SSSR count). The van der Waals surface area contributed by atoms with Crippen LogP contribution < -0.4 is 0 Å². The van der Waals surface area contributed by atoms with Gasteiger partial charge in [0.1, 0.15) is 0 Å². The fourth-order valence-corrected chi connectivity index (χ4v) is 2.56. The molecule has 0 unspecified atom stereocenters. The number of benzene rings is 1. The van der Waals surface area contributed by atoms with Crippen molar-refractivity contribution in [2.45, 2.75) is 71.6 Å². The largest absolute Gasteiger partial charge is 0.240 e. The summed E-state index contributed by atoms with van der Waals surface area (Å²) in [6.07, 6.45) is 13.6. The van der Waals surface area contributed by atoms with Gasteiger partial charge in [0.05, 0.1) is 5.69 Å². The van der Waals surface area contributed by atoms with E-state index in [9.17, 15) is 4.79 Å². The lowest BCUT2D eigenvalue weighted by molar-refractivity contribution is 0.509. The zero-order valence-electron chi connectivity index (χ0n) is 13.6. The molecule has 0 aliphatic rings. The number of carbonyl (C=O) groups excluding carboxylic acids is 1. The molecule has 21 heavy (non-hydrogen) atoms. The molecule has 116 valence electrons. The van der Waals surface area contributed by atoms with Crippen LogP contribution >= 0.6 is 0 Å². The zero-order chi connectivity index (χ0) is 15.3. The number of unbranched alkanes of at least 4 members (excludes halogenated alkanes) is 6. The van der Waals surface area contributed by atoms with Gasteiger partial charge in [0.15, 0.2) is 0 Å². The smallest absolute Gasteiger partial charge is 0.211 e. The molecule has 2 heteroatoms. The van der Waals surface area contributed by atoms with E-state index in [2.05, 4.69) is 31.0 Å². The molecule has 0 spiro atoms. The van der Waals surface area contributed by atoms with Crippen molar-refractivity contribution in [3.63, 3.8) is 0 Å². The summed E-state index contributed by atoms with van der Waals surface area (Å²) < 4.78 is 0. The van der Waals surface area contributed by atoms with Crippen LogP contribution in [0.25, 0.3) is 0 Å². The quantitative estimate of drug-likeness (QED) is 0.280. The topological polar surface area (TPSA) is 29.4 Å². The highest BCUT2D eigenvalue weighted by Gasteiger charge is 1.97. The van der Waals surface area contributed by atoms with Gasteiger partial charge in [-0.25, -0.2) is 4.79 Å². The van der Waals surface area contributed by atoms with E-state index in [0.29, 0.717) is 5.69 Å². The lowest BCUT2D eigenvalue weighted by atomic mass is 10.0. The molecule has 0 aliphatic carbocycles. The number of aliphatic imine (C=N–C) groups is 1. The van der Waals surface area contributed by atoms with Gasteiger partial charge in [0.25, 0.3) is 0 Å². The lowest BCUT2D eigenvalue weighted by Gasteiger charge is -2.05. The third-order valence-electron chi connectivity index (χ3n) is 3.86. The van der Waals surface area contributed by atoms with Crippen molar-refractivity contribution in [1.29, 1.82) is 0 Å². The zero-order valence-corrected chi connectivity index (χ0v) is 13.6. The lowest BCUT2D eigenvalue weighted by Crippen LogP contribution is -1.88. The molecular weight excluding hydrogens is 258 g/mol. The van der Waals surface area contributed by atoms with Crippen LogP contribution in [0, 0.1) is 5.92 Å². The summed E-state index contributed by atoms with van der Waals surface area (Å²) in [5.74, 6) is 0.855. The van der Waals surface area contributed by atoms with Crippen LogP contribution in [0.1, 0.15) is 70.8 Å². The fraction of sp³-hybridized carbons (Fsp3) is 0.632. The Morgan fingerprint density at radius 1 is 0.905 bits per heavy atom. The summed E-state index contributed by atoms with van der Waals surface area (Å²) >= 11 is 0. The molecule has 0 heterocycles. The second-order valence-electron chi connectivity index (χ2n) is 6.28. The number of isocyanates is 1. The Bertz CT molecular complexity index is 416. The Hall–Kier alpha value is -1.40. The average Bonchev–Trinajstić information content (AvgIpc) is 2.47. The number of rotatable bonds is 11. The summed E-state index contributed by atoms with van der Waals surface area (Å²) in [4.78, 5) is 13.7. The van der Waals surface area contributed by atoms with Crippen LogP contribution in [0.5, 0.6) is 0 Å². The maximum Gasteiger partial charge on any atom is 0.240 e. The summed E-state index contributed by atoms with van der Waals surface area (Å²) in [6, 6.07) is 7.88. The summed E-state index contributed by atoms with van der Waals surface area (Å²) in [5.41, 5.74) is 2.02. The van der Waals surface area contributed by atoms with E-state index in [-0.39, 0.29) is 0 Å². The maximum absolute atomic E-state index is 10.1. The highest BCUT2D eigenvalue weighted by Crippen LogP contribution is 2.15. The van der Waals surface area contributed by atoms with E-state index < -0.39 is 0 Å². The third-order valence-corrected chi connectivity index (χ3v) is 3.86. The van der Waals surface area contributed by atoms with Crippen LogP contribution in [0.3, 0.4) is 0 Å². The van der Waals surface area contributed by atoms with Crippen molar-refractivity contribution in [2.24, 2.45) is 10.9 Å². The van der Waals surface area contributed by atoms with Crippen molar-refractivity contribution in [3.8, 4) is 0 Å². The number of hydrogen-bond donors (Lipinski definition) is 0. The molecule has 0 bridgehead atoms. The second-order valence-corrected chi connectivity index (χ2v) is 6.28. The third kappa shape index (κ3) is 9.20. The molecule has 1 aromatic rings. The van der Waals surface area contributed by atoms with Crippen LogP contribution in [0.4, 0.5) is 5.69 Å². The van der Waals surface area contributed by atoms with Crippen LogP contribution in [-0.2, 0) is 11.2 Å². The number of nitrogens with zero attached hydrogens (tertiary/aromatic N) is 1. The van der Waals surface area contributed by atoms with Gasteiger partial charge >= 0.3 is 0 Å². The van der Waals surface area contributed by atoms with Crippen molar-refractivity contribution in [3.05, 3.63) is 29.8 Å². The Kier molecular flexibility index (Phi) is 9.48. The molecule has 0 aromatic heterocycles. The summed E-state index contributed by atoms with van der Waals surface area (Å²) in [7, 11) is 0. The molecule has 0 radical (unpaired) electrons. The first kappa shape index (κ1) is 17.7. The van der Waals surface area contributed by atoms with Gasteiger partial charge in [0.2, 0.25) is 6.08 Å². The van der Waals surface area contributed by atoms with Gasteiger partial charge in [-0.2, -0.15) is 4.99 Å². The van der Waals surface area contributed by atoms with Gasteiger partial charge in [-0.15, -0.1) is 0 Å². The minimum atomic E-state index is 0.690. The van der Waals surface area contributed by atoms with E-state index in [1.54, 1.807) is 6.08 Å². The highest BCUT2D eigenvalue weighted by molar-refractivity contribution is 5.49. The van der Waals surface area contributed by atoms with Gasteiger partial charge in [0, 0.05) is 0 Å². The second kappa shape index (κ2) is 11.3. The number of aryl methyl sites for hydroxylation is 1. The first-order chi connectivity index (χ1) is 10.2. The van der Waals surface area contributed by atoms with Crippen molar-refractivity contribution >= 4 is 11.8 Å². The fourth-order valence-electron chi connectivity index (χ4n) is 2.56. The normalized spacial score (nSPS) is 10.6. The van der Waals surface area contributed by atoms with Crippen molar-refractivity contribution in [2.75, 3.05) is 0 Å². The SMILES string of the molecule is CC(C)CCCCCCCCCc1ccc(N=C=O)cc1. The van der Waals surface area contributed by atoms with E-state index in [1.807, 2.05) is 12.1 Å². The average molecular weight is 287 g/mol. The summed E-state index contributed by atoms with van der Waals surface area (Å²) in [6.45, 7) is 4.61. The van der Waals surface area contributed by atoms with Gasteiger partial charge in [-0.1, -0.05) is 70.9 Å². The molecule has 0 fully saturated rings. The molecule has 0 amide bonds. The molecule has 2 nitrogen and oxygen atoms in total. The van der Waals surface area contributed by atoms with E-state index in [1.165, 1.54) is 56.9 Å². The van der Waals surface area contributed by atoms with Crippen LogP contribution in [-0.4, -0.2) is 6.08 Å². The Morgan fingerprint density at radius 3 is 2.05 bits per heavy atom. The Morgan fingerprint density at radius 2 is 1.48 bits per heavy atom. The van der Waals surface area contributed by atoms with E-state index >= 15 is 0 Å². The van der Waals surface area contributed by atoms with Gasteiger partial charge in [-0.05, 0) is 36.5 Å². The van der Waals surface area contributed by atoms with E-state index in [4.69, 9.17) is 0 Å². The van der Waals surface area contributed by atoms with Crippen LogP contribution in [0.15, 0.2) is 29.3 Å². The molecule has 0 saturated heterocycles. The Balaban J connectivity index is 2.00. The molecule has 1 aromatic carbocycles. The molecule has 0 aliphatic heterocycles. The molecule has 0 atom stereocenters. The van der Waals surface area contributed by atoms with E-state index in [0.717, 1.165) is 12.3 Å². The maximum atomic E-state index is 10.1. The van der Waals surface area contributed by atoms with Gasteiger partial charge in [-0.3, -0.25) is 0 Å². The van der Waals surface area contributed by atoms with Crippen molar-refractivity contribution < 1.29 is 4.79 Å². The monoisotopic (exact) mass is 287 g/mol.